The zero-order valence-electron chi connectivity index (χ0n) is 12.7. The lowest BCUT2D eigenvalue weighted by Gasteiger charge is -2.08. The van der Waals surface area contributed by atoms with Gasteiger partial charge in [0.15, 0.2) is 5.65 Å². The van der Waals surface area contributed by atoms with Gasteiger partial charge in [-0.2, -0.15) is 0 Å². The van der Waals surface area contributed by atoms with E-state index in [1.54, 1.807) is 34.9 Å². The average Bonchev–Trinajstić information content (AvgIpc) is 3.02. The molecule has 2 heterocycles. The van der Waals surface area contributed by atoms with Crippen LogP contribution >= 0.6 is 0 Å². The van der Waals surface area contributed by atoms with Crippen molar-refractivity contribution in [1.82, 2.24) is 19.9 Å². The number of benzene rings is 1. The van der Waals surface area contributed by atoms with E-state index in [-0.39, 0.29) is 24.7 Å². The van der Waals surface area contributed by atoms with E-state index in [4.69, 9.17) is 11.1 Å². The molecule has 0 fully saturated rings. The molecule has 1 aromatic carbocycles. The van der Waals surface area contributed by atoms with Crippen molar-refractivity contribution in [2.45, 2.75) is 13.0 Å². The van der Waals surface area contributed by atoms with Crippen molar-refractivity contribution < 1.29 is 9.18 Å². The van der Waals surface area contributed by atoms with Crippen molar-refractivity contribution in [2.24, 2.45) is 5.73 Å². The molecule has 7 nitrogen and oxygen atoms in total. The number of aromatic nitrogens is 3. The molecule has 24 heavy (non-hydrogen) atoms. The van der Waals surface area contributed by atoms with E-state index >= 15 is 0 Å². The van der Waals surface area contributed by atoms with Gasteiger partial charge in [-0.1, -0.05) is 12.1 Å². The van der Waals surface area contributed by atoms with E-state index in [0.29, 0.717) is 16.8 Å². The highest BCUT2D eigenvalue weighted by molar-refractivity contribution is 5.94. The third kappa shape index (κ3) is 3.37. The van der Waals surface area contributed by atoms with Crippen LogP contribution in [0.3, 0.4) is 0 Å². The molecule has 0 unspecified atom stereocenters. The molecule has 0 saturated carbocycles. The summed E-state index contributed by atoms with van der Waals surface area (Å²) in [6.45, 7) is 0.240. The molecule has 122 valence electrons. The molecular formula is C16H15FN6O. The minimum absolute atomic E-state index is 0.0396. The van der Waals surface area contributed by atoms with Crippen LogP contribution < -0.4 is 11.1 Å². The predicted molar refractivity (Wildman–Crippen MR) is 86.2 cm³/mol. The number of pyridine rings is 1. The van der Waals surface area contributed by atoms with Gasteiger partial charge >= 0.3 is 0 Å². The normalized spacial score (nSPS) is 10.7. The number of nitrogens with two attached hydrogens (primary N) is 1. The van der Waals surface area contributed by atoms with Gasteiger partial charge in [0.25, 0.3) is 5.91 Å². The second kappa shape index (κ2) is 6.45. The quantitative estimate of drug-likeness (QED) is 0.484. The molecular weight excluding hydrogens is 311 g/mol. The number of carbonyl (C=O) groups is 1. The van der Waals surface area contributed by atoms with Gasteiger partial charge in [-0.05, 0) is 29.3 Å². The summed E-state index contributed by atoms with van der Waals surface area (Å²) in [6, 6.07) is 7.85. The van der Waals surface area contributed by atoms with Crippen molar-refractivity contribution >= 4 is 17.4 Å². The molecule has 3 rings (SSSR count). The van der Waals surface area contributed by atoms with Crippen LogP contribution in [0.1, 0.15) is 21.5 Å². The highest BCUT2D eigenvalue weighted by Crippen LogP contribution is 2.12. The third-order valence-corrected chi connectivity index (χ3v) is 3.50. The highest BCUT2D eigenvalue weighted by Gasteiger charge is 2.09. The number of amides is 1. The maximum atomic E-state index is 13.7. The van der Waals surface area contributed by atoms with E-state index in [9.17, 15) is 9.18 Å². The molecule has 0 saturated heterocycles. The Balaban J connectivity index is 1.70. The van der Waals surface area contributed by atoms with Gasteiger partial charge in [0, 0.05) is 19.2 Å². The van der Waals surface area contributed by atoms with Gasteiger partial charge in [0.1, 0.15) is 12.1 Å². The van der Waals surface area contributed by atoms with Crippen molar-refractivity contribution in [3.05, 3.63) is 65.4 Å². The first-order valence-corrected chi connectivity index (χ1v) is 7.21. The molecule has 4 N–H and O–H groups in total. The molecule has 0 bridgehead atoms. The van der Waals surface area contributed by atoms with Crippen LogP contribution in [0.2, 0.25) is 0 Å². The largest absolute Gasteiger partial charge is 0.387 e. The first kappa shape index (κ1) is 15.6. The number of hydrogen-bond acceptors (Lipinski definition) is 4. The summed E-state index contributed by atoms with van der Waals surface area (Å²) in [4.78, 5) is 12.2. The Morgan fingerprint density at radius 1 is 1.33 bits per heavy atom. The highest BCUT2D eigenvalue weighted by atomic mass is 19.1. The van der Waals surface area contributed by atoms with Crippen molar-refractivity contribution in [3.8, 4) is 0 Å². The summed E-state index contributed by atoms with van der Waals surface area (Å²) in [6.07, 6.45) is 3.19. The summed E-state index contributed by atoms with van der Waals surface area (Å²) >= 11 is 0. The Bertz CT molecular complexity index is 920. The monoisotopic (exact) mass is 326 g/mol. The average molecular weight is 326 g/mol. The second-order valence-corrected chi connectivity index (χ2v) is 5.32. The smallest absolute Gasteiger partial charge is 0.253 e. The van der Waals surface area contributed by atoms with E-state index in [2.05, 4.69) is 15.5 Å². The van der Waals surface area contributed by atoms with E-state index < -0.39 is 5.82 Å². The fraction of sp³-hybridized carbons (Fsp3) is 0.125. The first-order chi connectivity index (χ1) is 11.5. The van der Waals surface area contributed by atoms with Crippen LogP contribution in [0, 0.1) is 11.2 Å². The maximum Gasteiger partial charge on any atom is 0.253 e. The van der Waals surface area contributed by atoms with Crippen LogP contribution in [-0.2, 0) is 13.0 Å². The van der Waals surface area contributed by atoms with Gasteiger partial charge < -0.3 is 11.1 Å². The van der Waals surface area contributed by atoms with Gasteiger partial charge in [-0.25, -0.2) is 4.39 Å². The summed E-state index contributed by atoms with van der Waals surface area (Å²) < 4.78 is 15.3. The van der Waals surface area contributed by atoms with Crippen LogP contribution in [0.4, 0.5) is 4.39 Å². The topological polar surface area (TPSA) is 109 Å². The Labute approximate surface area is 136 Å². The van der Waals surface area contributed by atoms with Crippen molar-refractivity contribution in [1.29, 1.82) is 5.41 Å². The number of fused-ring (bicyclic) bond motifs is 1. The molecule has 0 atom stereocenters. The predicted octanol–water partition coefficient (Wildman–Crippen LogP) is 1.28. The van der Waals surface area contributed by atoms with Crippen molar-refractivity contribution in [3.63, 3.8) is 0 Å². The number of nitrogens with zero attached hydrogens (tertiary/aromatic N) is 3. The summed E-state index contributed by atoms with van der Waals surface area (Å²) in [5.41, 5.74) is 7.49. The van der Waals surface area contributed by atoms with Crippen LogP contribution in [0.15, 0.2) is 42.9 Å². The Morgan fingerprint density at radius 3 is 2.96 bits per heavy atom. The number of hydrogen-bond donors (Lipinski definition) is 3. The van der Waals surface area contributed by atoms with Crippen LogP contribution in [-0.4, -0.2) is 26.3 Å². The zero-order chi connectivity index (χ0) is 17.1. The molecule has 8 heteroatoms. The molecule has 0 radical (unpaired) electrons. The molecule has 1 amide bonds. The van der Waals surface area contributed by atoms with E-state index in [1.807, 2.05) is 0 Å². The third-order valence-electron chi connectivity index (χ3n) is 3.50. The summed E-state index contributed by atoms with van der Waals surface area (Å²) in [5.74, 6) is -0.793. The first-order valence-electron chi connectivity index (χ1n) is 7.21. The molecule has 0 spiro atoms. The standard InChI is InChI=1S/C16H15FN6O/c17-13-3-1-10(5-12(13)6-14(18)19)7-20-16(24)11-2-4-15-22-21-9-23(15)8-11/h1-5,8-9H,6-7H2,(H3,18,19)(H,20,24). The number of carbonyl (C=O) groups excluding carboxylic acids is 1. The fourth-order valence-electron chi connectivity index (χ4n) is 2.32. The lowest BCUT2D eigenvalue weighted by atomic mass is 10.1. The summed E-state index contributed by atoms with van der Waals surface area (Å²) in [5, 5.41) is 17.7. The van der Waals surface area contributed by atoms with E-state index in [1.165, 1.54) is 12.4 Å². The van der Waals surface area contributed by atoms with Crippen LogP contribution in [0.25, 0.3) is 5.65 Å². The number of nitrogens with one attached hydrogen (secondary N) is 2. The van der Waals surface area contributed by atoms with Gasteiger partial charge in [-0.3, -0.25) is 14.6 Å². The second-order valence-electron chi connectivity index (χ2n) is 5.32. The Hall–Kier alpha value is -3.29. The molecule has 0 aliphatic rings. The molecule has 3 aromatic rings. The van der Waals surface area contributed by atoms with Crippen LogP contribution in [0.5, 0.6) is 0 Å². The summed E-state index contributed by atoms with van der Waals surface area (Å²) in [7, 11) is 0. The van der Waals surface area contributed by atoms with Gasteiger partial charge in [0.2, 0.25) is 0 Å². The lowest BCUT2D eigenvalue weighted by molar-refractivity contribution is 0.0950. The number of halogens is 1. The van der Waals surface area contributed by atoms with Gasteiger partial charge in [0.05, 0.1) is 11.4 Å². The van der Waals surface area contributed by atoms with Crippen molar-refractivity contribution in [2.75, 3.05) is 0 Å². The SMILES string of the molecule is N=C(N)Cc1cc(CNC(=O)c2ccc3nncn3c2)ccc1F. The Kier molecular flexibility index (Phi) is 4.19. The minimum Gasteiger partial charge on any atom is -0.387 e. The molecule has 2 aromatic heterocycles. The fourth-order valence-corrected chi connectivity index (χ4v) is 2.32. The minimum atomic E-state index is -0.418. The zero-order valence-corrected chi connectivity index (χ0v) is 12.7. The number of amidine groups is 1. The maximum absolute atomic E-state index is 13.7. The van der Waals surface area contributed by atoms with Gasteiger partial charge in [-0.15, -0.1) is 10.2 Å². The van der Waals surface area contributed by atoms with E-state index in [0.717, 1.165) is 5.56 Å². The number of rotatable bonds is 5. The molecule has 0 aliphatic carbocycles. The molecule has 0 aliphatic heterocycles. The lowest BCUT2D eigenvalue weighted by Crippen LogP contribution is -2.23. The Morgan fingerprint density at radius 2 is 2.17 bits per heavy atom.